The highest BCUT2D eigenvalue weighted by Crippen LogP contribution is 2.24. The second-order valence-corrected chi connectivity index (χ2v) is 5.16. The van der Waals surface area contributed by atoms with E-state index in [0.29, 0.717) is 5.92 Å². The molecule has 0 spiro atoms. The van der Waals surface area contributed by atoms with Crippen LogP contribution >= 0.6 is 22.6 Å². The van der Waals surface area contributed by atoms with Gasteiger partial charge in [0.25, 0.3) is 0 Å². The van der Waals surface area contributed by atoms with Crippen molar-refractivity contribution in [2.75, 3.05) is 4.43 Å². The number of ether oxygens (including phenoxy) is 1. The molecule has 16 heavy (non-hydrogen) atoms. The van der Waals surface area contributed by atoms with Crippen molar-refractivity contribution < 1.29 is 9.13 Å². The first-order chi connectivity index (χ1) is 7.54. The highest BCUT2D eigenvalue weighted by molar-refractivity contribution is 14.1. The molecule has 0 N–H and O–H groups in total. The van der Waals surface area contributed by atoms with Crippen molar-refractivity contribution >= 4 is 22.6 Å². The SMILES string of the molecule is CC(C)C(C)OC(CI)c1ccc(F)cc1. The first-order valence-electron chi connectivity index (χ1n) is 5.51. The number of alkyl halides is 1. The van der Waals surface area contributed by atoms with E-state index < -0.39 is 0 Å². The minimum Gasteiger partial charge on any atom is -0.370 e. The fraction of sp³-hybridized carbons (Fsp3) is 0.538. The van der Waals surface area contributed by atoms with Gasteiger partial charge in [0.1, 0.15) is 5.82 Å². The van der Waals surface area contributed by atoms with Gasteiger partial charge in [-0.15, -0.1) is 0 Å². The summed E-state index contributed by atoms with van der Waals surface area (Å²) in [4.78, 5) is 0. The maximum absolute atomic E-state index is 12.8. The number of hydrogen-bond donors (Lipinski definition) is 0. The third-order valence-corrected chi connectivity index (χ3v) is 3.50. The van der Waals surface area contributed by atoms with Gasteiger partial charge in [-0.25, -0.2) is 4.39 Å². The Labute approximate surface area is 111 Å². The van der Waals surface area contributed by atoms with Gasteiger partial charge in [-0.2, -0.15) is 0 Å². The van der Waals surface area contributed by atoms with E-state index in [1.807, 2.05) is 0 Å². The van der Waals surface area contributed by atoms with Crippen molar-refractivity contribution in [3.63, 3.8) is 0 Å². The molecule has 2 atom stereocenters. The summed E-state index contributed by atoms with van der Waals surface area (Å²) in [5.41, 5.74) is 1.04. The molecule has 0 heterocycles. The quantitative estimate of drug-likeness (QED) is 0.573. The normalized spacial score (nSPS) is 15.1. The van der Waals surface area contributed by atoms with Gasteiger partial charge in [0.2, 0.25) is 0 Å². The fourth-order valence-corrected chi connectivity index (χ4v) is 2.01. The number of halogens is 2. The third kappa shape index (κ3) is 4.01. The van der Waals surface area contributed by atoms with Crippen LogP contribution in [-0.2, 0) is 4.74 Å². The molecule has 0 fully saturated rings. The molecule has 0 aliphatic carbocycles. The highest BCUT2D eigenvalue weighted by Gasteiger charge is 2.16. The van der Waals surface area contributed by atoms with Crippen molar-refractivity contribution in [3.8, 4) is 0 Å². The average molecular weight is 336 g/mol. The second-order valence-electron chi connectivity index (χ2n) is 4.28. The maximum atomic E-state index is 12.8. The lowest BCUT2D eigenvalue weighted by Crippen LogP contribution is -2.19. The van der Waals surface area contributed by atoms with Crippen LogP contribution in [0.1, 0.15) is 32.4 Å². The van der Waals surface area contributed by atoms with Crippen molar-refractivity contribution in [1.29, 1.82) is 0 Å². The summed E-state index contributed by atoms with van der Waals surface area (Å²) in [6, 6.07) is 6.56. The Morgan fingerprint density at radius 3 is 2.19 bits per heavy atom. The minimum absolute atomic E-state index is 0.0543. The predicted octanol–water partition coefficient (Wildman–Crippen LogP) is 4.36. The summed E-state index contributed by atoms with van der Waals surface area (Å²) < 4.78 is 19.6. The molecule has 3 heteroatoms. The monoisotopic (exact) mass is 336 g/mol. The molecule has 2 unspecified atom stereocenters. The van der Waals surface area contributed by atoms with Crippen LogP contribution in [0.25, 0.3) is 0 Å². The van der Waals surface area contributed by atoms with Gasteiger partial charge in [-0.1, -0.05) is 48.6 Å². The summed E-state index contributed by atoms with van der Waals surface area (Å²) >= 11 is 2.30. The molecule has 0 saturated carbocycles. The zero-order valence-corrected chi connectivity index (χ0v) is 12.1. The minimum atomic E-state index is -0.201. The Bertz CT molecular complexity index is 310. The predicted molar refractivity (Wildman–Crippen MR) is 73.4 cm³/mol. The van der Waals surface area contributed by atoms with E-state index in [1.165, 1.54) is 12.1 Å². The molecule has 90 valence electrons. The molecule has 1 aromatic rings. The van der Waals surface area contributed by atoms with Gasteiger partial charge >= 0.3 is 0 Å². The van der Waals surface area contributed by atoms with E-state index in [1.54, 1.807) is 12.1 Å². The second kappa shape index (κ2) is 6.55. The maximum Gasteiger partial charge on any atom is 0.123 e. The Hall–Kier alpha value is -0.160. The van der Waals surface area contributed by atoms with Crippen LogP contribution in [-0.4, -0.2) is 10.5 Å². The fourth-order valence-electron chi connectivity index (χ4n) is 1.30. The topological polar surface area (TPSA) is 9.23 Å². The van der Waals surface area contributed by atoms with E-state index in [0.717, 1.165) is 9.99 Å². The number of benzene rings is 1. The van der Waals surface area contributed by atoms with Gasteiger partial charge in [0, 0.05) is 4.43 Å². The first kappa shape index (κ1) is 13.9. The van der Waals surface area contributed by atoms with Crippen molar-refractivity contribution in [3.05, 3.63) is 35.6 Å². The summed E-state index contributed by atoms with van der Waals surface area (Å²) in [7, 11) is 0. The molecule has 0 aromatic heterocycles. The lowest BCUT2D eigenvalue weighted by molar-refractivity contribution is -0.0134. The van der Waals surface area contributed by atoms with E-state index >= 15 is 0 Å². The molecule has 0 saturated heterocycles. The standard InChI is InChI=1S/C13H18FIO/c1-9(2)10(3)16-13(8-15)11-4-6-12(14)7-5-11/h4-7,9-10,13H,8H2,1-3H3. The van der Waals surface area contributed by atoms with Crippen LogP contribution in [0.5, 0.6) is 0 Å². The van der Waals surface area contributed by atoms with Crippen LogP contribution in [0.2, 0.25) is 0 Å². The number of rotatable bonds is 5. The van der Waals surface area contributed by atoms with Gasteiger partial charge in [-0.05, 0) is 30.5 Å². The smallest absolute Gasteiger partial charge is 0.123 e. The molecule has 0 amide bonds. The van der Waals surface area contributed by atoms with Gasteiger partial charge in [0.15, 0.2) is 0 Å². The van der Waals surface area contributed by atoms with Crippen LogP contribution in [0, 0.1) is 11.7 Å². The van der Waals surface area contributed by atoms with E-state index in [2.05, 4.69) is 43.4 Å². The van der Waals surface area contributed by atoms with Gasteiger partial charge in [-0.3, -0.25) is 0 Å². The molecule has 0 radical (unpaired) electrons. The van der Waals surface area contributed by atoms with Gasteiger partial charge < -0.3 is 4.74 Å². The van der Waals surface area contributed by atoms with E-state index in [-0.39, 0.29) is 18.0 Å². The molecule has 0 aliphatic rings. The van der Waals surface area contributed by atoms with Crippen molar-refractivity contribution in [2.45, 2.75) is 33.0 Å². The number of hydrogen-bond acceptors (Lipinski definition) is 1. The molecule has 1 rings (SSSR count). The Morgan fingerprint density at radius 1 is 1.19 bits per heavy atom. The highest BCUT2D eigenvalue weighted by atomic mass is 127. The Balaban J connectivity index is 2.70. The summed E-state index contributed by atoms with van der Waals surface area (Å²) in [6.07, 6.45) is 0.267. The third-order valence-electron chi connectivity index (χ3n) is 2.70. The van der Waals surface area contributed by atoms with E-state index in [4.69, 9.17) is 4.74 Å². The van der Waals surface area contributed by atoms with Crippen molar-refractivity contribution in [2.24, 2.45) is 5.92 Å². The molecular formula is C13H18FIO. The summed E-state index contributed by atoms with van der Waals surface area (Å²) in [6.45, 7) is 6.35. The molecule has 0 aliphatic heterocycles. The lowest BCUT2D eigenvalue weighted by Gasteiger charge is -2.23. The first-order valence-corrected chi connectivity index (χ1v) is 7.04. The summed E-state index contributed by atoms with van der Waals surface area (Å²) in [5, 5.41) is 0. The van der Waals surface area contributed by atoms with Crippen LogP contribution < -0.4 is 0 Å². The Kier molecular flexibility index (Phi) is 5.69. The molecule has 1 nitrogen and oxygen atoms in total. The summed E-state index contributed by atoms with van der Waals surface area (Å²) in [5.74, 6) is 0.291. The van der Waals surface area contributed by atoms with E-state index in [9.17, 15) is 4.39 Å². The lowest BCUT2D eigenvalue weighted by atomic mass is 10.1. The van der Waals surface area contributed by atoms with Crippen LogP contribution in [0.15, 0.2) is 24.3 Å². The molecule has 1 aromatic carbocycles. The molecular weight excluding hydrogens is 318 g/mol. The zero-order chi connectivity index (χ0) is 12.1. The largest absolute Gasteiger partial charge is 0.370 e. The van der Waals surface area contributed by atoms with Crippen LogP contribution in [0.4, 0.5) is 4.39 Å². The zero-order valence-electron chi connectivity index (χ0n) is 9.91. The van der Waals surface area contributed by atoms with Gasteiger partial charge in [0.05, 0.1) is 12.2 Å². The van der Waals surface area contributed by atoms with Crippen LogP contribution in [0.3, 0.4) is 0 Å². The average Bonchev–Trinajstić information content (AvgIpc) is 2.26. The van der Waals surface area contributed by atoms with Crippen molar-refractivity contribution in [1.82, 2.24) is 0 Å². The molecule has 0 bridgehead atoms. The Morgan fingerprint density at radius 2 is 1.75 bits per heavy atom.